The largest absolute Gasteiger partial charge is 0.356 e. The van der Waals surface area contributed by atoms with E-state index in [1.54, 1.807) is 0 Å². The van der Waals surface area contributed by atoms with Crippen LogP contribution in [0.1, 0.15) is 16.8 Å². The summed E-state index contributed by atoms with van der Waals surface area (Å²) in [7, 11) is -3.74. The lowest BCUT2D eigenvalue weighted by atomic mass is 10.1. The van der Waals surface area contributed by atoms with Gasteiger partial charge in [0.15, 0.2) is 5.76 Å². The van der Waals surface area contributed by atoms with Crippen molar-refractivity contribution in [2.24, 2.45) is 0 Å². The highest BCUT2D eigenvalue weighted by molar-refractivity contribution is 7.87. The summed E-state index contributed by atoms with van der Waals surface area (Å²) in [6, 6.07) is 15.1. The van der Waals surface area contributed by atoms with Crippen LogP contribution < -0.4 is 9.44 Å². The lowest BCUT2D eigenvalue weighted by Crippen LogP contribution is -2.35. The van der Waals surface area contributed by atoms with Crippen LogP contribution in [0.5, 0.6) is 0 Å². The maximum absolute atomic E-state index is 12.9. The SMILES string of the molecule is Cc1c(CNS(=O)(=O)NCc2ccc(F)cc2)noc1-c1ccccc1. The third-order valence-corrected chi connectivity index (χ3v) is 4.91. The van der Waals surface area contributed by atoms with Crippen molar-refractivity contribution in [1.82, 2.24) is 14.6 Å². The maximum atomic E-state index is 12.9. The first-order chi connectivity index (χ1) is 12.4. The molecule has 6 nitrogen and oxygen atoms in total. The topological polar surface area (TPSA) is 84.2 Å². The molecule has 0 aliphatic rings. The van der Waals surface area contributed by atoms with E-state index in [1.165, 1.54) is 24.3 Å². The van der Waals surface area contributed by atoms with Gasteiger partial charge in [0.1, 0.15) is 11.5 Å². The predicted octanol–water partition coefficient (Wildman–Crippen LogP) is 2.91. The minimum Gasteiger partial charge on any atom is -0.356 e. The second kappa shape index (κ2) is 7.77. The fourth-order valence-corrected chi connectivity index (χ4v) is 3.17. The van der Waals surface area contributed by atoms with Crippen molar-refractivity contribution in [3.8, 4) is 11.3 Å². The summed E-state index contributed by atoms with van der Waals surface area (Å²) in [5.41, 5.74) is 2.82. The Hall–Kier alpha value is -2.55. The van der Waals surface area contributed by atoms with Gasteiger partial charge in [-0.2, -0.15) is 17.9 Å². The first-order valence-electron chi connectivity index (χ1n) is 7.94. The molecule has 3 rings (SSSR count). The predicted molar refractivity (Wildman–Crippen MR) is 95.7 cm³/mol. The summed E-state index contributed by atoms with van der Waals surface area (Å²) in [5.74, 6) is 0.240. The van der Waals surface area contributed by atoms with Crippen LogP contribution in [0.15, 0.2) is 59.1 Å². The smallest absolute Gasteiger partial charge is 0.277 e. The summed E-state index contributed by atoms with van der Waals surface area (Å²) in [6.45, 7) is 1.89. The van der Waals surface area contributed by atoms with Crippen LogP contribution in [0, 0.1) is 12.7 Å². The summed E-state index contributed by atoms with van der Waals surface area (Å²) in [4.78, 5) is 0. The Kier molecular flexibility index (Phi) is 5.46. The monoisotopic (exact) mass is 375 g/mol. The summed E-state index contributed by atoms with van der Waals surface area (Å²) < 4.78 is 47.2. The van der Waals surface area contributed by atoms with Gasteiger partial charge in [-0.05, 0) is 24.6 Å². The van der Waals surface area contributed by atoms with E-state index in [1.807, 2.05) is 37.3 Å². The molecule has 1 aromatic heterocycles. The molecule has 0 aliphatic heterocycles. The Morgan fingerprint density at radius 2 is 1.65 bits per heavy atom. The fourth-order valence-electron chi connectivity index (χ4n) is 2.39. The second-order valence-corrected chi connectivity index (χ2v) is 7.31. The Balaban J connectivity index is 1.61. The maximum Gasteiger partial charge on any atom is 0.277 e. The van der Waals surface area contributed by atoms with E-state index in [-0.39, 0.29) is 18.9 Å². The van der Waals surface area contributed by atoms with Crippen molar-refractivity contribution in [3.63, 3.8) is 0 Å². The first kappa shape index (κ1) is 18.2. The molecule has 0 unspecified atom stereocenters. The number of aromatic nitrogens is 1. The first-order valence-corrected chi connectivity index (χ1v) is 9.42. The van der Waals surface area contributed by atoms with E-state index in [9.17, 15) is 12.8 Å². The molecule has 26 heavy (non-hydrogen) atoms. The number of nitrogens with one attached hydrogen (secondary N) is 2. The highest BCUT2D eigenvalue weighted by Crippen LogP contribution is 2.25. The molecule has 2 aromatic carbocycles. The van der Waals surface area contributed by atoms with Crippen LogP contribution in [0.3, 0.4) is 0 Å². The normalized spacial score (nSPS) is 11.6. The van der Waals surface area contributed by atoms with E-state index in [4.69, 9.17) is 4.52 Å². The average molecular weight is 375 g/mol. The number of halogens is 1. The van der Waals surface area contributed by atoms with Crippen molar-refractivity contribution in [1.29, 1.82) is 0 Å². The zero-order valence-corrected chi connectivity index (χ0v) is 14.9. The van der Waals surface area contributed by atoms with Crippen LogP contribution in [-0.2, 0) is 23.3 Å². The van der Waals surface area contributed by atoms with Gasteiger partial charge in [0.25, 0.3) is 10.2 Å². The van der Waals surface area contributed by atoms with Crippen molar-refractivity contribution in [2.75, 3.05) is 0 Å². The van der Waals surface area contributed by atoms with E-state index in [0.29, 0.717) is 17.0 Å². The minimum atomic E-state index is -3.74. The molecule has 0 bridgehead atoms. The summed E-state index contributed by atoms with van der Waals surface area (Å²) in [5, 5.41) is 3.95. The Morgan fingerprint density at radius 3 is 2.35 bits per heavy atom. The lowest BCUT2D eigenvalue weighted by molar-refractivity contribution is 0.422. The quantitative estimate of drug-likeness (QED) is 0.665. The van der Waals surface area contributed by atoms with Crippen LogP contribution in [0.2, 0.25) is 0 Å². The molecule has 0 fully saturated rings. The number of hydrogen-bond acceptors (Lipinski definition) is 4. The molecule has 136 valence electrons. The number of nitrogens with zero attached hydrogens (tertiary/aromatic N) is 1. The zero-order valence-electron chi connectivity index (χ0n) is 14.1. The lowest BCUT2D eigenvalue weighted by Gasteiger charge is -2.07. The molecule has 1 heterocycles. The van der Waals surface area contributed by atoms with Crippen LogP contribution in [-0.4, -0.2) is 13.6 Å². The third-order valence-electron chi connectivity index (χ3n) is 3.87. The molecule has 0 spiro atoms. The third kappa shape index (κ3) is 4.54. The van der Waals surface area contributed by atoms with Crippen LogP contribution >= 0.6 is 0 Å². The molecule has 8 heteroatoms. The average Bonchev–Trinajstić information content (AvgIpc) is 3.01. The fraction of sp³-hybridized carbons (Fsp3) is 0.167. The highest BCUT2D eigenvalue weighted by Gasteiger charge is 2.16. The van der Waals surface area contributed by atoms with Gasteiger partial charge in [0, 0.05) is 17.7 Å². The molecular weight excluding hydrogens is 357 g/mol. The molecule has 0 saturated heterocycles. The Labute approximate surface area is 151 Å². The summed E-state index contributed by atoms with van der Waals surface area (Å²) >= 11 is 0. The molecule has 0 saturated carbocycles. The van der Waals surface area contributed by atoms with Gasteiger partial charge < -0.3 is 4.52 Å². The molecule has 3 aromatic rings. The highest BCUT2D eigenvalue weighted by atomic mass is 32.2. The van der Waals surface area contributed by atoms with Gasteiger partial charge in [0.2, 0.25) is 0 Å². The van der Waals surface area contributed by atoms with E-state index in [2.05, 4.69) is 14.6 Å². The van der Waals surface area contributed by atoms with Gasteiger partial charge in [-0.15, -0.1) is 0 Å². The van der Waals surface area contributed by atoms with Gasteiger partial charge in [-0.3, -0.25) is 0 Å². The molecular formula is C18H18FN3O3S. The van der Waals surface area contributed by atoms with Crippen molar-refractivity contribution < 1.29 is 17.3 Å². The molecule has 0 aliphatic carbocycles. The number of rotatable bonds is 7. The van der Waals surface area contributed by atoms with Crippen molar-refractivity contribution in [2.45, 2.75) is 20.0 Å². The Bertz CT molecular complexity index is 971. The minimum absolute atomic E-state index is 0.000911. The van der Waals surface area contributed by atoms with Crippen molar-refractivity contribution in [3.05, 3.63) is 77.2 Å². The van der Waals surface area contributed by atoms with Crippen LogP contribution in [0.25, 0.3) is 11.3 Å². The van der Waals surface area contributed by atoms with Gasteiger partial charge in [-0.25, -0.2) is 4.39 Å². The van der Waals surface area contributed by atoms with Crippen LogP contribution in [0.4, 0.5) is 4.39 Å². The van der Waals surface area contributed by atoms with E-state index >= 15 is 0 Å². The molecule has 0 atom stereocenters. The van der Waals surface area contributed by atoms with Crippen molar-refractivity contribution >= 4 is 10.2 Å². The standard InChI is InChI=1S/C18H18FN3O3S/c1-13-17(22-25-18(13)15-5-3-2-4-6-15)12-21-26(23,24)20-11-14-7-9-16(19)10-8-14/h2-10,20-21H,11-12H2,1H3. The zero-order chi connectivity index (χ0) is 18.6. The Morgan fingerprint density at radius 1 is 1.00 bits per heavy atom. The molecule has 0 radical (unpaired) electrons. The summed E-state index contributed by atoms with van der Waals surface area (Å²) in [6.07, 6.45) is 0. The number of hydrogen-bond donors (Lipinski definition) is 2. The molecule has 2 N–H and O–H groups in total. The number of benzene rings is 2. The molecule has 0 amide bonds. The second-order valence-electron chi connectivity index (χ2n) is 5.72. The van der Waals surface area contributed by atoms with E-state index < -0.39 is 10.2 Å². The van der Waals surface area contributed by atoms with E-state index in [0.717, 1.165) is 11.1 Å². The van der Waals surface area contributed by atoms with Gasteiger partial charge >= 0.3 is 0 Å². The van der Waals surface area contributed by atoms with Gasteiger partial charge in [0.05, 0.1) is 6.54 Å². The van der Waals surface area contributed by atoms with Gasteiger partial charge in [-0.1, -0.05) is 47.6 Å².